The van der Waals surface area contributed by atoms with E-state index in [1.807, 2.05) is 44.2 Å². The summed E-state index contributed by atoms with van der Waals surface area (Å²) in [6.07, 6.45) is 0.192. The van der Waals surface area contributed by atoms with Crippen molar-refractivity contribution in [1.82, 2.24) is 5.32 Å². The van der Waals surface area contributed by atoms with Gasteiger partial charge in [0.1, 0.15) is 18.1 Å². The van der Waals surface area contributed by atoms with Crippen molar-refractivity contribution in [2.75, 3.05) is 30.3 Å². The quantitative estimate of drug-likeness (QED) is 0.669. The molecule has 0 saturated heterocycles. The Kier molecular flexibility index (Phi) is 6.74. The van der Waals surface area contributed by atoms with Crippen LogP contribution in [0.5, 0.6) is 11.5 Å². The third kappa shape index (κ3) is 5.54. The summed E-state index contributed by atoms with van der Waals surface area (Å²) in [5, 5.41) is 2.78. The molecule has 0 aromatic heterocycles. The van der Waals surface area contributed by atoms with Crippen molar-refractivity contribution < 1.29 is 22.7 Å². The fourth-order valence-corrected chi connectivity index (χ4v) is 4.39. The van der Waals surface area contributed by atoms with Crippen LogP contribution in [-0.2, 0) is 20.2 Å². The Morgan fingerprint density at radius 3 is 2.56 bits per heavy atom. The van der Waals surface area contributed by atoms with Crippen molar-refractivity contribution in [3.8, 4) is 11.5 Å². The van der Waals surface area contributed by atoms with Crippen molar-refractivity contribution in [3.05, 3.63) is 53.1 Å². The molecular formula is C24H32N2O5S. The monoisotopic (exact) mass is 460 g/mol. The van der Waals surface area contributed by atoms with E-state index in [1.165, 1.54) is 4.31 Å². The summed E-state index contributed by atoms with van der Waals surface area (Å²) in [5.74, 6) is 0.773. The minimum atomic E-state index is -3.59. The van der Waals surface area contributed by atoms with Crippen LogP contribution in [0.3, 0.4) is 0 Å². The summed E-state index contributed by atoms with van der Waals surface area (Å²) in [7, 11) is -3.59. The van der Waals surface area contributed by atoms with E-state index < -0.39 is 16.1 Å². The average Bonchev–Trinajstić information content (AvgIpc) is 2.70. The zero-order valence-electron chi connectivity index (χ0n) is 19.6. The van der Waals surface area contributed by atoms with E-state index in [0.717, 1.165) is 28.7 Å². The van der Waals surface area contributed by atoms with Crippen molar-refractivity contribution in [1.29, 1.82) is 0 Å². The molecule has 0 fully saturated rings. The molecule has 1 N–H and O–H groups in total. The first kappa shape index (κ1) is 23.9. The summed E-state index contributed by atoms with van der Waals surface area (Å²) in [6, 6.07) is 11.4. The molecule has 0 bridgehead atoms. The molecule has 8 heteroatoms. The van der Waals surface area contributed by atoms with Crippen LogP contribution in [0.25, 0.3) is 0 Å². The summed E-state index contributed by atoms with van der Waals surface area (Å²) in [6.45, 7) is 10.6. The molecule has 1 heterocycles. The molecule has 0 unspecified atom stereocenters. The summed E-state index contributed by atoms with van der Waals surface area (Å²) >= 11 is 0. The van der Waals surface area contributed by atoms with Gasteiger partial charge in [0, 0.05) is 0 Å². The normalized spacial score (nSPS) is 16.2. The SMILES string of the molecule is Cc1ccc(C)c(OCCNC(=O)[C@@H]2CN(S(C)(=O)=O)c3cc(C(C)(C)C)ccc3O2)c1. The average molecular weight is 461 g/mol. The molecule has 1 aliphatic rings. The largest absolute Gasteiger partial charge is 0.491 e. The number of aryl methyl sites for hydroxylation is 2. The molecule has 0 saturated carbocycles. The summed E-state index contributed by atoms with van der Waals surface area (Å²) in [4.78, 5) is 12.7. The van der Waals surface area contributed by atoms with Crippen LogP contribution in [0, 0.1) is 13.8 Å². The molecule has 2 aromatic carbocycles. The molecule has 3 rings (SSSR count). The lowest BCUT2D eigenvalue weighted by atomic mass is 9.86. The number of rotatable bonds is 6. The van der Waals surface area contributed by atoms with Gasteiger partial charge in [0.25, 0.3) is 5.91 Å². The Labute approximate surface area is 190 Å². The first-order valence-electron chi connectivity index (χ1n) is 10.6. The second-order valence-electron chi connectivity index (χ2n) is 9.24. The second kappa shape index (κ2) is 9.02. The highest BCUT2D eigenvalue weighted by Gasteiger charge is 2.35. The van der Waals surface area contributed by atoms with E-state index in [1.54, 1.807) is 6.07 Å². The van der Waals surface area contributed by atoms with Crippen LogP contribution < -0.4 is 19.1 Å². The predicted octanol–water partition coefficient (Wildman–Crippen LogP) is 3.32. The summed E-state index contributed by atoms with van der Waals surface area (Å²) < 4.78 is 37.8. The highest BCUT2D eigenvalue weighted by atomic mass is 32.2. The van der Waals surface area contributed by atoms with Crippen molar-refractivity contribution in [2.24, 2.45) is 0 Å². The van der Waals surface area contributed by atoms with Crippen molar-refractivity contribution in [3.63, 3.8) is 0 Å². The standard InChI is InChI=1S/C24H32N2O5S/c1-16-7-8-17(2)21(13-16)30-12-11-25-23(27)22-15-26(32(6,28)29)19-14-18(24(3,4)5)9-10-20(19)31-22/h7-10,13-14,22H,11-12,15H2,1-6H3,(H,25,27)/t22-/m0/s1. The number of fused-ring (bicyclic) bond motifs is 1. The van der Waals surface area contributed by atoms with Gasteiger partial charge in [0.05, 0.1) is 25.0 Å². The van der Waals surface area contributed by atoms with Gasteiger partial charge < -0.3 is 14.8 Å². The lowest BCUT2D eigenvalue weighted by Crippen LogP contribution is -2.51. The lowest BCUT2D eigenvalue weighted by molar-refractivity contribution is -0.127. The molecule has 0 aliphatic carbocycles. The van der Waals surface area contributed by atoms with Gasteiger partial charge in [-0.15, -0.1) is 0 Å². The lowest BCUT2D eigenvalue weighted by Gasteiger charge is -2.35. The fourth-order valence-electron chi connectivity index (χ4n) is 3.48. The van der Waals surface area contributed by atoms with Gasteiger partial charge >= 0.3 is 0 Å². The Morgan fingerprint density at radius 1 is 1.19 bits per heavy atom. The number of amides is 1. The van der Waals surface area contributed by atoms with E-state index >= 15 is 0 Å². The van der Waals surface area contributed by atoms with Gasteiger partial charge in [0.2, 0.25) is 10.0 Å². The van der Waals surface area contributed by atoms with E-state index in [2.05, 4.69) is 26.1 Å². The van der Waals surface area contributed by atoms with Gasteiger partial charge in [-0.1, -0.05) is 39.0 Å². The Balaban J connectivity index is 1.68. The number of carbonyl (C=O) groups excluding carboxylic acids is 1. The zero-order chi connectivity index (χ0) is 23.7. The number of ether oxygens (including phenoxy) is 2. The number of sulfonamides is 1. The highest BCUT2D eigenvalue weighted by Crippen LogP contribution is 2.38. The van der Waals surface area contributed by atoms with Gasteiger partial charge in [-0.25, -0.2) is 8.42 Å². The van der Waals surface area contributed by atoms with E-state index in [0.29, 0.717) is 18.0 Å². The molecule has 1 atom stereocenters. The number of carbonyl (C=O) groups is 1. The predicted molar refractivity (Wildman–Crippen MR) is 126 cm³/mol. The van der Waals surface area contributed by atoms with E-state index in [-0.39, 0.29) is 24.4 Å². The summed E-state index contributed by atoms with van der Waals surface area (Å²) in [5.41, 5.74) is 3.41. The first-order valence-corrected chi connectivity index (χ1v) is 12.5. The Hall–Kier alpha value is -2.74. The maximum Gasteiger partial charge on any atom is 0.263 e. The molecule has 7 nitrogen and oxygen atoms in total. The number of hydrogen-bond donors (Lipinski definition) is 1. The molecule has 32 heavy (non-hydrogen) atoms. The fraction of sp³-hybridized carbons (Fsp3) is 0.458. The highest BCUT2D eigenvalue weighted by molar-refractivity contribution is 7.92. The number of benzene rings is 2. The smallest absolute Gasteiger partial charge is 0.263 e. The first-order chi connectivity index (χ1) is 14.9. The molecule has 0 radical (unpaired) electrons. The molecular weight excluding hydrogens is 428 g/mol. The number of nitrogens with zero attached hydrogens (tertiary/aromatic N) is 1. The minimum Gasteiger partial charge on any atom is -0.491 e. The van der Waals surface area contributed by atoms with Crippen molar-refractivity contribution >= 4 is 21.6 Å². The number of hydrogen-bond acceptors (Lipinski definition) is 5. The Bertz CT molecular complexity index is 1110. The van der Waals surface area contributed by atoms with Gasteiger partial charge in [0.15, 0.2) is 6.10 Å². The Morgan fingerprint density at radius 2 is 1.91 bits per heavy atom. The van der Waals surface area contributed by atoms with Crippen LogP contribution in [0.15, 0.2) is 36.4 Å². The van der Waals surface area contributed by atoms with Gasteiger partial charge in [-0.05, 0) is 54.2 Å². The van der Waals surface area contributed by atoms with Crippen LogP contribution in [-0.4, -0.2) is 46.4 Å². The van der Waals surface area contributed by atoms with Crippen molar-refractivity contribution in [2.45, 2.75) is 46.1 Å². The maximum atomic E-state index is 12.7. The second-order valence-corrected chi connectivity index (χ2v) is 11.1. The molecule has 1 aliphatic heterocycles. The van der Waals surface area contributed by atoms with Crippen LogP contribution in [0.4, 0.5) is 5.69 Å². The molecule has 2 aromatic rings. The molecule has 174 valence electrons. The van der Waals surface area contributed by atoms with E-state index in [9.17, 15) is 13.2 Å². The van der Waals surface area contributed by atoms with E-state index in [4.69, 9.17) is 9.47 Å². The topological polar surface area (TPSA) is 84.9 Å². The molecule has 1 amide bonds. The maximum absolute atomic E-state index is 12.7. The number of nitrogens with one attached hydrogen (secondary N) is 1. The van der Waals surface area contributed by atoms with Crippen LogP contribution in [0.2, 0.25) is 0 Å². The van der Waals surface area contributed by atoms with Gasteiger partial charge in [-0.2, -0.15) is 0 Å². The van der Waals surface area contributed by atoms with Gasteiger partial charge in [-0.3, -0.25) is 9.10 Å². The third-order valence-corrected chi connectivity index (χ3v) is 6.54. The number of anilines is 1. The molecule has 0 spiro atoms. The minimum absolute atomic E-state index is 0.0802. The van der Waals surface area contributed by atoms with Crippen LogP contribution in [0.1, 0.15) is 37.5 Å². The zero-order valence-corrected chi connectivity index (χ0v) is 20.4. The van der Waals surface area contributed by atoms with Crippen LogP contribution >= 0.6 is 0 Å². The third-order valence-electron chi connectivity index (χ3n) is 5.39.